The van der Waals surface area contributed by atoms with Crippen LogP contribution in [0.4, 0.5) is 18.9 Å². The molecule has 7 nitrogen and oxygen atoms in total. The standard InChI is InChI=1S/C16H17F3N2O5/c1-25-12-5-3-2-4-11(12)21-7-10(6-14(21)23)15(24)26-8-13(22)20-9-16(17,18)19/h2-5,10H,6-9H2,1H3,(H,20,22)/t10-/m1/s1. The van der Waals surface area contributed by atoms with E-state index in [9.17, 15) is 27.6 Å². The van der Waals surface area contributed by atoms with E-state index in [2.05, 4.69) is 0 Å². The van der Waals surface area contributed by atoms with Crippen LogP contribution in [0.25, 0.3) is 0 Å². The third-order valence-corrected chi connectivity index (χ3v) is 3.67. The molecular weight excluding hydrogens is 357 g/mol. The van der Waals surface area contributed by atoms with Crippen molar-refractivity contribution >= 4 is 23.5 Å². The number of carbonyl (C=O) groups excluding carboxylic acids is 3. The second kappa shape index (κ2) is 8.07. The first-order valence-corrected chi connectivity index (χ1v) is 7.64. The van der Waals surface area contributed by atoms with E-state index < -0.39 is 37.1 Å². The normalized spacial score (nSPS) is 17.2. The molecule has 1 aliphatic rings. The summed E-state index contributed by atoms with van der Waals surface area (Å²) in [7, 11) is 1.45. The third-order valence-electron chi connectivity index (χ3n) is 3.67. The molecule has 1 N–H and O–H groups in total. The van der Waals surface area contributed by atoms with E-state index in [0.717, 1.165) is 0 Å². The molecule has 0 aromatic heterocycles. The Morgan fingerprint density at radius 1 is 1.31 bits per heavy atom. The number of halogens is 3. The van der Waals surface area contributed by atoms with Gasteiger partial charge >= 0.3 is 12.1 Å². The average Bonchev–Trinajstić information content (AvgIpc) is 2.98. The van der Waals surface area contributed by atoms with Gasteiger partial charge in [-0.1, -0.05) is 12.1 Å². The van der Waals surface area contributed by atoms with Crippen LogP contribution in [0.3, 0.4) is 0 Å². The summed E-state index contributed by atoms with van der Waals surface area (Å²) in [4.78, 5) is 36.8. The zero-order valence-electron chi connectivity index (χ0n) is 13.8. The Balaban J connectivity index is 1.90. The van der Waals surface area contributed by atoms with Gasteiger partial charge in [0.1, 0.15) is 12.3 Å². The number of hydrogen-bond donors (Lipinski definition) is 1. The van der Waals surface area contributed by atoms with Crippen LogP contribution in [0.15, 0.2) is 24.3 Å². The summed E-state index contributed by atoms with van der Waals surface area (Å²) in [5.74, 6) is -2.57. The van der Waals surface area contributed by atoms with E-state index in [-0.39, 0.29) is 18.9 Å². The van der Waals surface area contributed by atoms with Gasteiger partial charge in [0.25, 0.3) is 5.91 Å². The number of rotatable bonds is 6. The van der Waals surface area contributed by atoms with Gasteiger partial charge in [-0.25, -0.2) is 0 Å². The molecule has 0 aliphatic carbocycles. The van der Waals surface area contributed by atoms with Crippen LogP contribution in [0.1, 0.15) is 6.42 Å². The smallest absolute Gasteiger partial charge is 0.405 e. The average molecular weight is 374 g/mol. The molecule has 1 saturated heterocycles. The first-order valence-electron chi connectivity index (χ1n) is 7.64. The zero-order chi connectivity index (χ0) is 19.3. The summed E-state index contributed by atoms with van der Waals surface area (Å²) in [5, 5.41) is 1.59. The number of esters is 1. The summed E-state index contributed by atoms with van der Waals surface area (Å²) in [6.07, 6.45) is -4.67. The minimum Gasteiger partial charge on any atom is -0.495 e. The predicted octanol–water partition coefficient (Wildman–Crippen LogP) is 1.27. The first kappa shape index (κ1) is 19.5. The molecule has 1 aliphatic heterocycles. The van der Waals surface area contributed by atoms with Gasteiger partial charge in [-0.2, -0.15) is 13.2 Å². The lowest BCUT2D eigenvalue weighted by Gasteiger charge is -2.19. The number of alkyl halides is 3. The maximum atomic E-state index is 12.2. The molecule has 142 valence electrons. The SMILES string of the molecule is COc1ccccc1N1C[C@H](C(=O)OCC(=O)NCC(F)(F)F)CC1=O. The van der Waals surface area contributed by atoms with E-state index >= 15 is 0 Å². The van der Waals surface area contributed by atoms with Crippen LogP contribution in [0.5, 0.6) is 5.75 Å². The predicted molar refractivity (Wildman–Crippen MR) is 83.5 cm³/mol. The Bertz CT molecular complexity index is 693. The Morgan fingerprint density at radius 2 is 2.00 bits per heavy atom. The van der Waals surface area contributed by atoms with Crippen molar-refractivity contribution in [3.8, 4) is 5.75 Å². The number of amides is 2. The lowest BCUT2D eigenvalue weighted by Crippen LogP contribution is -2.37. The van der Waals surface area contributed by atoms with Crippen molar-refractivity contribution in [1.82, 2.24) is 5.32 Å². The Hall–Kier alpha value is -2.78. The van der Waals surface area contributed by atoms with Crippen molar-refractivity contribution in [3.63, 3.8) is 0 Å². The molecule has 0 radical (unpaired) electrons. The highest BCUT2D eigenvalue weighted by Crippen LogP contribution is 2.33. The number of methoxy groups -OCH3 is 1. The van der Waals surface area contributed by atoms with E-state index in [1.54, 1.807) is 29.6 Å². The Labute approximate surface area is 147 Å². The third kappa shape index (κ3) is 5.11. The number of carbonyl (C=O) groups is 3. The number of para-hydroxylation sites is 2. The van der Waals surface area contributed by atoms with Crippen molar-refractivity contribution in [3.05, 3.63) is 24.3 Å². The van der Waals surface area contributed by atoms with Gasteiger partial charge in [-0.3, -0.25) is 14.4 Å². The van der Waals surface area contributed by atoms with Gasteiger partial charge in [0.05, 0.1) is 18.7 Å². The fraction of sp³-hybridized carbons (Fsp3) is 0.438. The van der Waals surface area contributed by atoms with Crippen LogP contribution < -0.4 is 15.0 Å². The van der Waals surface area contributed by atoms with Gasteiger partial charge in [-0.15, -0.1) is 0 Å². The molecule has 2 rings (SSSR count). The van der Waals surface area contributed by atoms with Crippen LogP contribution in [-0.4, -0.2) is 50.8 Å². The van der Waals surface area contributed by atoms with E-state index in [0.29, 0.717) is 11.4 Å². The van der Waals surface area contributed by atoms with Crippen molar-refractivity contribution in [2.45, 2.75) is 12.6 Å². The highest BCUT2D eigenvalue weighted by atomic mass is 19.4. The van der Waals surface area contributed by atoms with Crippen LogP contribution in [0, 0.1) is 5.92 Å². The number of anilines is 1. The second-order valence-electron chi connectivity index (χ2n) is 5.58. The number of benzene rings is 1. The molecule has 2 amide bonds. The van der Waals surface area contributed by atoms with Gasteiger partial charge in [0.2, 0.25) is 5.91 Å². The second-order valence-corrected chi connectivity index (χ2v) is 5.58. The number of hydrogen-bond acceptors (Lipinski definition) is 5. The quantitative estimate of drug-likeness (QED) is 0.758. The number of nitrogens with one attached hydrogen (secondary N) is 1. The number of ether oxygens (including phenoxy) is 2. The summed E-state index contributed by atoms with van der Waals surface area (Å²) < 4.78 is 45.9. The molecular formula is C16H17F3N2O5. The lowest BCUT2D eigenvalue weighted by atomic mass is 10.1. The topological polar surface area (TPSA) is 84.9 Å². The van der Waals surface area contributed by atoms with Gasteiger partial charge in [-0.05, 0) is 12.1 Å². The van der Waals surface area contributed by atoms with Crippen molar-refractivity contribution in [2.75, 3.05) is 31.7 Å². The molecule has 0 bridgehead atoms. The van der Waals surface area contributed by atoms with Crippen LogP contribution in [0.2, 0.25) is 0 Å². The first-order chi connectivity index (χ1) is 12.2. The largest absolute Gasteiger partial charge is 0.495 e. The van der Waals surface area contributed by atoms with Crippen molar-refractivity contribution in [1.29, 1.82) is 0 Å². The lowest BCUT2D eigenvalue weighted by molar-refractivity contribution is -0.154. The van der Waals surface area contributed by atoms with Gasteiger partial charge in [0.15, 0.2) is 6.61 Å². The molecule has 1 atom stereocenters. The minimum absolute atomic E-state index is 0.0300. The van der Waals surface area contributed by atoms with E-state index in [4.69, 9.17) is 9.47 Å². The minimum atomic E-state index is -4.55. The molecule has 1 aromatic carbocycles. The Kier molecular flexibility index (Phi) is 6.06. The molecule has 0 saturated carbocycles. The van der Waals surface area contributed by atoms with Crippen molar-refractivity contribution < 1.29 is 37.0 Å². The number of nitrogens with zero attached hydrogens (tertiary/aromatic N) is 1. The highest BCUT2D eigenvalue weighted by Gasteiger charge is 2.37. The summed E-state index contributed by atoms with van der Waals surface area (Å²) in [5.41, 5.74) is 0.498. The molecule has 0 spiro atoms. The summed E-state index contributed by atoms with van der Waals surface area (Å²) in [6, 6.07) is 6.77. The summed E-state index contributed by atoms with van der Waals surface area (Å²) in [6.45, 7) is -2.32. The molecule has 1 aromatic rings. The summed E-state index contributed by atoms with van der Waals surface area (Å²) >= 11 is 0. The van der Waals surface area contributed by atoms with E-state index in [1.165, 1.54) is 12.0 Å². The monoisotopic (exact) mass is 374 g/mol. The zero-order valence-corrected chi connectivity index (χ0v) is 13.8. The molecule has 26 heavy (non-hydrogen) atoms. The van der Waals surface area contributed by atoms with Gasteiger partial charge < -0.3 is 19.7 Å². The maximum absolute atomic E-state index is 12.2. The molecule has 0 unspecified atom stereocenters. The Morgan fingerprint density at radius 3 is 2.65 bits per heavy atom. The molecule has 1 fully saturated rings. The fourth-order valence-electron chi connectivity index (χ4n) is 2.46. The highest BCUT2D eigenvalue weighted by molar-refractivity contribution is 6.00. The molecule has 10 heteroatoms. The fourth-order valence-corrected chi connectivity index (χ4v) is 2.46. The maximum Gasteiger partial charge on any atom is 0.405 e. The van der Waals surface area contributed by atoms with Crippen LogP contribution >= 0.6 is 0 Å². The van der Waals surface area contributed by atoms with Crippen LogP contribution in [-0.2, 0) is 19.1 Å². The van der Waals surface area contributed by atoms with Crippen molar-refractivity contribution in [2.24, 2.45) is 5.92 Å². The molecule has 1 heterocycles. The van der Waals surface area contributed by atoms with E-state index in [1.807, 2.05) is 0 Å². The van der Waals surface area contributed by atoms with Gasteiger partial charge in [0, 0.05) is 13.0 Å².